The van der Waals surface area contributed by atoms with Gasteiger partial charge in [-0.05, 0) is 60.9 Å². The van der Waals surface area contributed by atoms with Gasteiger partial charge in [-0.1, -0.05) is 29.3 Å². The molecule has 0 aliphatic carbocycles. The summed E-state index contributed by atoms with van der Waals surface area (Å²) in [6, 6.07) is 8.42. The van der Waals surface area contributed by atoms with E-state index in [1.807, 2.05) is 0 Å². The van der Waals surface area contributed by atoms with Gasteiger partial charge in [0, 0.05) is 28.1 Å². The molecular weight excluding hydrogens is 428 g/mol. The van der Waals surface area contributed by atoms with Crippen LogP contribution in [0.1, 0.15) is 30.5 Å². The average Bonchev–Trinajstić information content (AvgIpc) is 3.01. The van der Waals surface area contributed by atoms with Gasteiger partial charge in [0.1, 0.15) is 5.75 Å². The Bertz CT molecular complexity index is 965. The van der Waals surface area contributed by atoms with Gasteiger partial charge in [-0.2, -0.15) is 13.2 Å². The van der Waals surface area contributed by atoms with Gasteiger partial charge in [-0.3, -0.25) is 0 Å². The summed E-state index contributed by atoms with van der Waals surface area (Å²) in [5, 5.41) is 0.175. The van der Waals surface area contributed by atoms with Crippen molar-refractivity contribution in [2.75, 3.05) is 6.61 Å². The van der Waals surface area contributed by atoms with Crippen molar-refractivity contribution in [1.29, 1.82) is 0 Å². The van der Waals surface area contributed by atoms with Crippen LogP contribution < -0.4 is 4.74 Å². The maximum atomic E-state index is 14.2. The second kappa shape index (κ2) is 7.92. The van der Waals surface area contributed by atoms with E-state index in [-0.39, 0.29) is 28.0 Å². The highest BCUT2D eigenvalue weighted by atomic mass is 35.5. The zero-order valence-corrected chi connectivity index (χ0v) is 17.1. The van der Waals surface area contributed by atoms with Crippen molar-refractivity contribution < 1.29 is 27.4 Å². The van der Waals surface area contributed by atoms with E-state index in [2.05, 4.69) is 0 Å². The molecule has 3 nitrogen and oxygen atoms in total. The Morgan fingerprint density at radius 2 is 1.86 bits per heavy atom. The lowest BCUT2D eigenvalue weighted by atomic mass is 9.88. The van der Waals surface area contributed by atoms with Crippen LogP contribution in [0.2, 0.25) is 10.0 Å². The molecule has 8 heteroatoms. The standard InChI is InChI=1S/C21H17Cl2F3O3/c1-3-28-19(27)6-12(2)13-4-5-18-14(7-13)11-20(29-18,21(24,25)26)15-8-16(22)10-17(23)9-15/h4-10H,3,11H2,1-2H3/b12-6+. The number of hydrogen-bond acceptors (Lipinski definition) is 3. The second-order valence-corrected chi connectivity index (χ2v) is 7.54. The predicted molar refractivity (Wildman–Crippen MR) is 105 cm³/mol. The molecule has 0 radical (unpaired) electrons. The molecule has 0 fully saturated rings. The molecule has 2 aromatic carbocycles. The summed E-state index contributed by atoms with van der Waals surface area (Å²) < 4.78 is 52.8. The third-order valence-electron chi connectivity index (χ3n) is 4.65. The maximum absolute atomic E-state index is 14.2. The van der Waals surface area contributed by atoms with Crippen LogP contribution in [-0.4, -0.2) is 18.8 Å². The van der Waals surface area contributed by atoms with Crippen LogP contribution in [0, 0.1) is 0 Å². The molecule has 0 N–H and O–H groups in total. The summed E-state index contributed by atoms with van der Waals surface area (Å²) in [6.45, 7) is 3.60. The molecule has 0 amide bonds. The largest absolute Gasteiger partial charge is 0.472 e. The van der Waals surface area contributed by atoms with Gasteiger partial charge in [0.15, 0.2) is 0 Å². The highest BCUT2D eigenvalue weighted by Crippen LogP contribution is 2.51. The highest BCUT2D eigenvalue weighted by molar-refractivity contribution is 6.34. The molecule has 0 bridgehead atoms. The lowest BCUT2D eigenvalue weighted by Crippen LogP contribution is -2.46. The number of halogens is 5. The highest BCUT2D eigenvalue weighted by Gasteiger charge is 2.61. The molecule has 1 atom stereocenters. The number of benzene rings is 2. The number of fused-ring (bicyclic) bond motifs is 1. The minimum atomic E-state index is -4.71. The number of allylic oxidation sites excluding steroid dienone is 1. The molecule has 0 aromatic heterocycles. The summed E-state index contributed by atoms with van der Waals surface area (Å²) in [6.07, 6.45) is -3.85. The van der Waals surface area contributed by atoms with E-state index in [1.165, 1.54) is 30.3 Å². The first-order valence-corrected chi connectivity index (χ1v) is 9.52. The Morgan fingerprint density at radius 1 is 1.21 bits per heavy atom. The van der Waals surface area contributed by atoms with E-state index < -0.39 is 24.2 Å². The van der Waals surface area contributed by atoms with Crippen LogP contribution in [0.15, 0.2) is 42.5 Å². The lowest BCUT2D eigenvalue weighted by Gasteiger charge is -2.31. The van der Waals surface area contributed by atoms with Gasteiger partial charge in [-0.15, -0.1) is 0 Å². The van der Waals surface area contributed by atoms with E-state index in [0.717, 1.165) is 0 Å². The van der Waals surface area contributed by atoms with Gasteiger partial charge in [-0.25, -0.2) is 4.79 Å². The second-order valence-electron chi connectivity index (χ2n) is 6.66. The van der Waals surface area contributed by atoms with Gasteiger partial charge in [0.25, 0.3) is 0 Å². The van der Waals surface area contributed by atoms with Crippen LogP contribution >= 0.6 is 23.2 Å². The van der Waals surface area contributed by atoms with Gasteiger partial charge >= 0.3 is 12.1 Å². The zero-order chi connectivity index (χ0) is 21.4. The summed E-state index contributed by atoms with van der Waals surface area (Å²) in [5.74, 6) is -0.397. The smallest absolute Gasteiger partial charge is 0.432 e. The molecule has 1 unspecified atom stereocenters. The molecule has 29 heavy (non-hydrogen) atoms. The summed E-state index contributed by atoms with van der Waals surface area (Å²) in [5.41, 5.74) is -1.23. The van der Waals surface area contributed by atoms with Crippen LogP contribution in [0.4, 0.5) is 13.2 Å². The Hall–Kier alpha value is -2.18. The number of hydrogen-bond donors (Lipinski definition) is 0. The summed E-state index contributed by atoms with van der Waals surface area (Å²) in [7, 11) is 0. The van der Waals surface area contributed by atoms with E-state index >= 15 is 0 Å². The van der Waals surface area contributed by atoms with Crippen LogP contribution in [0.5, 0.6) is 5.75 Å². The lowest BCUT2D eigenvalue weighted by molar-refractivity contribution is -0.248. The van der Waals surface area contributed by atoms with Crippen molar-refractivity contribution in [3.63, 3.8) is 0 Å². The average molecular weight is 445 g/mol. The van der Waals surface area contributed by atoms with Crippen LogP contribution in [-0.2, 0) is 21.6 Å². The number of esters is 1. The molecule has 0 saturated heterocycles. The van der Waals surface area contributed by atoms with Crippen molar-refractivity contribution in [3.8, 4) is 5.75 Å². The normalized spacial score (nSPS) is 18.9. The Balaban J connectivity index is 2.02. The first-order chi connectivity index (χ1) is 13.6. The van der Waals surface area contributed by atoms with Crippen molar-refractivity contribution in [2.45, 2.75) is 32.0 Å². The van der Waals surface area contributed by atoms with E-state index in [4.69, 9.17) is 32.7 Å². The van der Waals surface area contributed by atoms with E-state index in [1.54, 1.807) is 26.0 Å². The molecule has 0 spiro atoms. The third kappa shape index (κ3) is 4.23. The number of alkyl halides is 3. The van der Waals surface area contributed by atoms with Gasteiger partial charge in [0.05, 0.1) is 6.61 Å². The monoisotopic (exact) mass is 444 g/mol. The summed E-state index contributed by atoms with van der Waals surface area (Å²) >= 11 is 11.9. The molecule has 2 aromatic rings. The van der Waals surface area contributed by atoms with Gasteiger partial charge in [0.2, 0.25) is 5.60 Å². The summed E-state index contributed by atoms with van der Waals surface area (Å²) in [4.78, 5) is 11.6. The Morgan fingerprint density at radius 3 is 2.45 bits per heavy atom. The fraction of sp³-hybridized carbons (Fsp3) is 0.286. The van der Waals surface area contributed by atoms with Crippen LogP contribution in [0.3, 0.4) is 0 Å². The Kier molecular flexibility index (Phi) is 5.88. The van der Waals surface area contributed by atoms with E-state index in [0.29, 0.717) is 16.7 Å². The first-order valence-electron chi connectivity index (χ1n) is 8.76. The number of ether oxygens (including phenoxy) is 2. The fourth-order valence-electron chi connectivity index (χ4n) is 3.27. The van der Waals surface area contributed by atoms with Crippen molar-refractivity contribution in [1.82, 2.24) is 0 Å². The SMILES string of the molecule is CCOC(=O)/C=C(\C)c1ccc2c(c1)CC(c1cc(Cl)cc(Cl)c1)(C(F)(F)F)O2. The number of carbonyl (C=O) groups excluding carboxylic acids is 1. The molecule has 154 valence electrons. The molecule has 1 aliphatic heterocycles. The van der Waals surface area contributed by atoms with E-state index in [9.17, 15) is 18.0 Å². The van der Waals surface area contributed by atoms with Crippen molar-refractivity contribution in [2.24, 2.45) is 0 Å². The minimum absolute atomic E-state index is 0.0876. The van der Waals surface area contributed by atoms with Crippen LogP contribution in [0.25, 0.3) is 5.57 Å². The quantitative estimate of drug-likeness (QED) is 0.406. The molecule has 0 saturated carbocycles. The fourth-order valence-corrected chi connectivity index (χ4v) is 3.79. The maximum Gasteiger partial charge on any atom is 0.432 e. The van der Waals surface area contributed by atoms with Crippen molar-refractivity contribution in [3.05, 3.63) is 69.2 Å². The molecule has 1 aliphatic rings. The Labute approximate surface area is 176 Å². The van der Waals surface area contributed by atoms with Gasteiger partial charge < -0.3 is 9.47 Å². The number of carbonyl (C=O) groups is 1. The minimum Gasteiger partial charge on any atom is -0.472 e. The molecular formula is C21H17Cl2F3O3. The van der Waals surface area contributed by atoms with Crippen molar-refractivity contribution >= 4 is 34.7 Å². The molecule has 3 rings (SSSR count). The topological polar surface area (TPSA) is 35.5 Å². The first kappa shape index (κ1) is 21.5. The third-order valence-corrected chi connectivity index (χ3v) is 5.08. The number of rotatable bonds is 4. The molecule has 1 heterocycles. The zero-order valence-electron chi connectivity index (χ0n) is 15.6. The predicted octanol–water partition coefficient (Wildman–Crippen LogP) is 6.35.